The second-order valence-corrected chi connectivity index (χ2v) is 7.73. The molecule has 1 N–H and O–H groups in total. The third-order valence-corrected chi connectivity index (χ3v) is 6.08. The van der Waals surface area contributed by atoms with Crippen molar-refractivity contribution < 1.29 is 18.3 Å². The van der Waals surface area contributed by atoms with Gasteiger partial charge in [0.2, 0.25) is 0 Å². The van der Waals surface area contributed by atoms with Crippen molar-refractivity contribution in [2.24, 2.45) is 0 Å². The Balaban J connectivity index is 2.25. The Hall–Kier alpha value is -2.12. The van der Waals surface area contributed by atoms with Crippen molar-refractivity contribution in [2.75, 3.05) is 0 Å². The third kappa shape index (κ3) is 2.66. The normalized spacial score (nSPS) is 11.7. The Morgan fingerprint density at radius 3 is 2.35 bits per heavy atom. The van der Waals surface area contributed by atoms with Crippen molar-refractivity contribution in [3.8, 4) is 0 Å². The van der Waals surface area contributed by atoms with Crippen LogP contribution in [-0.4, -0.2) is 23.5 Å². The highest BCUT2D eigenvalue weighted by molar-refractivity contribution is 9.10. The molecule has 5 nitrogen and oxygen atoms in total. The zero-order valence-electron chi connectivity index (χ0n) is 12.0. The summed E-state index contributed by atoms with van der Waals surface area (Å²) in [7, 11) is -3.78. The van der Waals surface area contributed by atoms with Gasteiger partial charge in [-0.2, -0.15) is 0 Å². The monoisotopic (exact) mass is 393 g/mol. The minimum atomic E-state index is -3.78. The van der Waals surface area contributed by atoms with Gasteiger partial charge in [-0.15, -0.1) is 0 Å². The second-order valence-electron chi connectivity index (χ2n) is 5.13. The van der Waals surface area contributed by atoms with E-state index in [0.717, 1.165) is 5.56 Å². The summed E-state index contributed by atoms with van der Waals surface area (Å²) in [6.07, 6.45) is 0. The van der Waals surface area contributed by atoms with E-state index in [9.17, 15) is 13.2 Å². The summed E-state index contributed by atoms with van der Waals surface area (Å²) in [5, 5.41) is 9.58. The van der Waals surface area contributed by atoms with Gasteiger partial charge in [0.15, 0.2) is 0 Å². The molecule has 1 aromatic heterocycles. The number of nitrogens with zero attached hydrogens (tertiary/aromatic N) is 1. The molecule has 0 atom stereocenters. The number of rotatable bonds is 3. The van der Waals surface area contributed by atoms with E-state index in [4.69, 9.17) is 5.11 Å². The van der Waals surface area contributed by atoms with E-state index in [1.165, 1.54) is 22.2 Å². The van der Waals surface area contributed by atoms with E-state index in [2.05, 4.69) is 15.9 Å². The molecular weight excluding hydrogens is 382 g/mol. The summed E-state index contributed by atoms with van der Waals surface area (Å²) in [5.74, 6) is -1.06. The highest BCUT2D eigenvalue weighted by Gasteiger charge is 2.22. The largest absolute Gasteiger partial charge is 0.478 e. The van der Waals surface area contributed by atoms with Gasteiger partial charge in [-0.1, -0.05) is 17.7 Å². The van der Waals surface area contributed by atoms with Crippen LogP contribution in [0.25, 0.3) is 10.9 Å². The van der Waals surface area contributed by atoms with Crippen LogP contribution in [0.15, 0.2) is 58.0 Å². The molecule has 3 aromatic rings. The molecule has 0 radical (unpaired) electrons. The Kier molecular flexibility index (Phi) is 3.77. The van der Waals surface area contributed by atoms with E-state index in [1.54, 1.807) is 30.3 Å². The maximum atomic E-state index is 12.9. The number of carboxylic acids is 1. The van der Waals surface area contributed by atoms with Crippen LogP contribution < -0.4 is 0 Å². The van der Waals surface area contributed by atoms with Gasteiger partial charge in [-0.25, -0.2) is 17.2 Å². The predicted molar refractivity (Wildman–Crippen MR) is 90.4 cm³/mol. The molecule has 0 saturated heterocycles. The number of aromatic carboxylic acids is 1. The van der Waals surface area contributed by atoms with Crippen LogP contribution in [0, 0.1) is 6.92 Å². The lowest BCUT2D eigenvalue weighted by Gasteiger charge is -2.09. The highest BCUT2D eigenvalue weighted by Crippen LogP contribution is 2.29. The maximum absolute atomic E-state index is 12.9. The maximum Gasteiger partial charge on any atom is 0.335 e. The standard InChI is InChI=1S/C16H12BrNO4S/c1-10-2-5-13(6-3-10)23(21,22)18-14-7-4-11(16(19)20)8-12(14)9-15(18)17/h2-9H,1H3,(H,19,20). The lowest BCUT2D eigenvalue weighted by molar-refractivity contribution is 0.0697. The molecule has 3 rings (SSSR count). The molecular formula is C16H12BrNO4S. The minimum absolute atomic E-state index is 0.106. The average Bonchev–Trinajstić information content (AvgIpc) is 2.83. The molecule has 118 valence electrons. The molecule has 0 aliphatic rings. The highest BCUT2D eigenvalue weighted by atomic mass is 79.9. The van der Waals surface area contributed by atoms with Gasteiger partial charge in [0.05, 0.1) is 16.0 Å². The number of aromatic nitrogens is 1. The topological polar surface area (TPSA) is 76.4 Å². The van der Waals surface area contributed by atoms with Gasteiger partial charge < -0.3 is 5.11 Å². The molecule has 0 spiro atoms. The number of carbonyl (C=O) groups is 1. The molecule has 0 bridgehead atoms. The van der Waals surface area contributed by atoms with E-state index >= 15 is 0 Å². The Labute approximate surface area is 141 Å². The molecule has 0 aliphatic carbocycles. The fourth-order valence-corrected chi connectivity index (χ4v) is 4.76. The van der Waals surface area contributed by atoms with Gasteiger partial charge in [-0.3, -0.25) is 0 Å². The second kappa shape index (κ2) is 5.50. The van der Waals surface area contributed by atoms with Crippen molar-refractivity contribution in [1.82, 2.24) is 3.97 Å². The predicted octanol–water partition coefficient (Wildman–Crippen LogP) is 3.65. The van der Waals surface area contributed by atoms with Crippen molar-refractivity contribution in [2.45, 2.75) is 11.8 Å². The Morgan fingerprint density at radius 2 is 1.74 bits per heavy atom. The van der Waals surface area contributed by atoms with Crippen molar-refractivity contribution in [3.63, 3.8) is 0 Å². The average molecular weight is 394 g/mol. The first kappa shape index (κ1) is 15.8. The van der Waals surface area contributed by atoms with Crippen molar-refractivity contribution >= 4 is 42.8 Å². The van der Waals surface area contributed by atoms with Gasteiger partial charge in [0.1, 0.15) is 4.60 Å². The van der Waals surface area contributed by atoms with Crippen LogP contribution >= 0.6 is 15.9 Å². The number of aryl methyl sites for hydroxylation is 1. The number of fused-ring (bicyclic) bond motifs is 1. The Morgan fingerprint density at radius 1 is 1.09 bits per heavy atom. The van der Waals surface area contributed by atoms with Crippen LogP contribution in [0.4, 0.5) is 0 Å². The number of hydrogen-bond acceptors (Lipinski definition) is 3. The molecule has 7 heteroatoms. The first-order valence-electron chi connectivity index (χ1n) is 6.67. The molecule has 0 amide bonds. The zero-order valence-corrected chi connectivity index (χ0v) is 14.4. The number of hydrogen-bond donors (Lipinski definition) is 1. The number of carboxylic acid groups (broad SMARTS) is 1. The summed E-state index contributed by atoms with van der Waals surface area (Å²) in [4.78, 5) is 11.2. The SMILES string of the molecule is Cc1ccc(S(=O)(=O)n2c(Br)cc3cc(C(=O)O)ccc32)cc1. The molecule has 0 aliphatic heterocycles. The minimum Gasteiger partial charge on any atom is -0.478 e. The lowest BCUT2D eigenvalue weighted by Crippen LogP contribution is -2.13. The van der Waals surface area contributed by atoms with Gasteiger partial charge in [0, 0.05) is 5.39 Å². The molecule has 23 heavy (non-hydrogen) atoms. The first-order valence-corrected chi connectivity index (χ1v) is 8.90. The lowest BCUT2D eigenvalue weighted by atomic mass is 10.1. The molecule has 0 fully saturated rings. The Bertz CT molecular complexity index is 1020. The fraction of sp³-hybridized carbons (Fsp3) is 0.0625. The van der Waals surface area contributed by atoms with E-state index < -0.39 is 16.0 Å². The molecule has 0 saturated carbocycles. The van der Waals surface area contributed by atoms with Gasteiger partial charge >= 0.3 is 5.97 Å². The summed E-state index contributed by atoms with van der Waals surface area (Å²) < 4.78 is 27.3. The van der Waals surface area contributed by atoms with Gasteiger partial charge in [0.25, 0.3) is 10.0 Å². The first-order chi connectivity index (χ1) is 10.8. The quantitative estimate of drug-likeness (QED) is 0.736. The summed E-state index contributed by atoms with van der Waals surface area (Å²) >= 11 is 3.26. The number of benzene rings is 2. The van der Waals surface area contributed by atoms with Crippen LogP contribution in [-0.2, 0) is 10.0 Å². The van der Waals surface area contributed by atoms with Crippen molar-refractivity contribution in [1.29, 1.82) is 0 Å². The smallest absolute Gasteiger partial charge is 0.335 e. The molecule has 1 heterocycles. The van der Waals surface area contributed by atoms with Crippen LogP contribution in [0.2, 0.25) is 0 Å². The van der Waals surface area contributed by atoms with E-state index in [-0.39, 0.29) is 10.5 Å². The molecule has 2 aromatic carbocycles. The third-order valence-electron chi connectivity index (χ3n) is 3.52. The van der Waals surface area contributed by atoms with Crippen LogP contribution in [0.3, 0.4) is 0 Å². The summed E-state index contributed by atoms with van der Waals surface area (Å²) in [5.41, 5.74) is 1.49. The summed E-state index contributed by atoms with van der Waals surface area (Å²) in [6.45, 7) is 1.88. The number of halogens is 1. The molecule has 0 unspecified atom stereocenters. The fourth-order valence-electron chi connectivity index (χ4n) is 2.35. The van der Waals surface area contributed by atoms with E-state index in [0.29, 0.717) is 15.5 Å². The zero-order chi connectivity index (χ0) is 16.8. The summed E-state index contributed by atoms with van der Waals surface area (Å²) in [6, 6.07) is 12.5. The van der Waals surface area contributed by atoms with Crippen LogP contribution in [0.1, 0.15) is 15.9 Å². The van der Waals surface area contributed by atoms with Crippen LogP contribution in [0.5, 0.6) is 0 Å². The van der Waals surface area contributed by atoms with Gasteiger partial charge in [-0.05, 0) is 59.3 Å². The van der Waals surface area contributed by atoms with E-state index in [1.807, 2.05) is 6.92 Å². The van der Waals surface area contributed by atoms with Crippen molar-refractivity contribution in [3.05, 3.63) is 64.3 Å².